The van der Waals surface area contributed by atoms with Gasteiger partial charge in [0.2, 0.25) is 5.88 Å². The van der Waals surface area contributed by atoms with Gasteiger partial charge < -0.3 is 4.74 Å². The van der Waals surface area contributed by atoms with Crippen LogP contribution in [0.15, 0.2) is 35.1 Å². The van der Waals surface area contributed by atoms with E-state index in [4.69, 9.17) is 4.74 Å². The molecule has 94 valence electrons. The second kappa shape index (κ2) is 5.04. The summed E-state index contributed by atoms with van der Waals surface area (Å²) in [6.07, 6.45) is 0.609. The third-order valence-electron chi connectivity index (χ3n) is 2.92. The fraction of sp³-hybridized carbons (Fsp3) is 0.286. The molecule has 0 radical (unpaired) electrons. The molecule has 0 saturated carbocycles. The highest BCUT2D eigenvalue weighted by molar-refractivity contribution is 5.56. The van der Waals surface area contributed by atoms with Crippen molar-refractivity contribution in [2.75, 3.05) is 7.11 Å². The Morgan fingerprint density at radius 1 is 1.28 bits per heavy atom. The van der Waals surface area contributed by atoms with E-state index in [1.165, 1.54) is 7.11 Å². The SMILES string of the molecule is CCc1c(OC)nc(-c2ccccc2)n(C)c1=O. The third kappa shape index (κ3) is 2.01. The van der Waals surface area contributed by atoms with Crippen molar-refractivity contribution < 1.29 is 4.74 Å². The number of nitrogens with zero attached hydrogens (tertiary/aromatic N) is 2. The maximum Gasteiger partial charge on any atom is 0.260 e. The van der Waals surface area contributed by atoms with Crippen LogP contribution >= 0.6 is 0 Å². The van der Waals surface area contributed by atoms with Crippen LogP contribution in [0.4, 0.5) is 0 Å². The number of rotatable bonds is 3. The summed E-state index contributed by atoms with van der Waals surface area (Å²) in [7, 11) is 3.27. The first-order valence-corrected chi connectivity index (χ1v) is 5.88. The summed E-state index contributed by atoms with van der Waals surface area (Å²) < 4.78 is 6.78. The molecule has 1 aromatic carbocycles. The van der Waals surface area contributed by atoms with E-state index in [2.05, 4.69) is 4.98 Å². The minimum Gasteiger partial charge on any atom is -0.481 e. The van der Waals surface area contributed by atoms with Crippen molar-refractivity contribution in [2.45, 2.75) is 13.3 Å². The molecule has 0 aliphatic heterocycles. The molecule has 0 saturated heterocycles. The molecule has 0 atom stereocenters. The standard InChI is InChI=1S/C14H16N2O2/c1-4-11-13(18-3)15-12(16(2)14(11)17)10-8-6-5-7-9-10/h5-9H,4H2,1-3H3. The molecular formula is C14H16N2O2. The van der Waals surface area contributed by atoms with Crippen LogP contribution in [0.2, 0.25) is 0 Å². The van der Waals surface area contributed by atoms with Crippen LogP contribution in [-0.2, 0) is 13.5 Å². The van der Waals surface area contributed by atoms with Crippen molar-refractivity contribution in [3.63, 3.8) is 0 Å². The molecule has 4 heteroatoms. The summed E-state index contributed by atoms with van der Waals surface area (Å²) in [6.45, 7) is 1.92. The zero-order valence-corrected chi connectivity index (χ0v) is 10.8. The highest BCUT2D eigenvalue weighted by Gasteiger charge is 2.14. The molecule has 0 amide bonds. The molecule has 1 heterocycles. The summed E-state index contributed by atoms with van der Waals surface area (Å²) in [4.78, 5) is 16.6. The van der Waals surface area contributed by atoms with Gasteiger partial charge in [-0.15, -0.1) is 0 Å². The zero-order valence-electron chi connectivity index (χ0n) is 10.8. The number of aromatic nitrogens is 2. The van der Waals surface area contributed by atoms with Gasteiger partial charge in [0.1, 0.15) is 5.82 Å². The van der Waals surface area contributed by atoms with Crippen LogP contribution in [-0.4, -0.2) is 16.7 Å². The number of ether oxygens (including phenoxy) is 1. The van der Waals surface area contributed by atoms with Crippen LogP contribution in [0, 0.1) is 0 Å². The van der Waals surface area contributed by atoms with E-state index < -0.39 is 0 Å². The Morgan fingerprint density at radius 2 is 1.94 bits per heavy atom. The van der Waals surface area contributed by atoms with Gasteiger partial charge in [0, 0.05) is 12.6 Å². The van der Waals surface area contributed by atoms with Gasteiger partial charge in [-0.05, 0) is 6.42 Å². The number of hydrogen-bond donors (Lipinski definition) is 0. The van der Waals surface area contributed by atoms with Gasteiger partial charge in [-0.25, -0.2) is 0 Å². The molecule has 0 fully saturated rings. The van der Waals surface area contributed by atoms with Crippen LogP contribution < -0.4 is 10.3 Å². The molecule has 1 aromatic heterocycles. The molecule has 0 bridgehead atoms. The van der Waals surface area contributed by atoms with Crippen molar-refractivity contribution in [3.8, 4) is 17.3 Å². The first-order chi connectivity index (χ1) is 8.69. The summed E-state index contributed by atoms with van der Waals surface area (Å²) in [5.74, 6) is 1.04. The normalized spacial score (nSPS) is 10.4. The quantitative estimate of drug-likeness (QED) is 0.829. The lowest BCUT2D eigenvalue weighted by Crippen LogP contribution is -2.24. The van der Waals surface area contributed by atoms with Gasteiger partial charge in [-0.3, -0.25) is 9.36 Å². The Labute approximate surface area is 106 Å². The molecule has 18 heavy (non-hydrogen) atoms. The first-order valence-electron chi connectivity index (χ1n) is 5.88. The van der Waals surface area contributed by atoms with Crippen LogP contribution in [0.25, 0.3) is 11.4 Å². The average molecular weight is 244 g/mol. The molecule has 2 rings (SSSR count). The highest BCUT2D eigenvalue weighted by atomic mass is 16.5. The van der Waals surface area contributed by atoms with E-state index >= 15 is 0 Å². The Morgan fingerprint density at radius 3 is 2.50 bits per heavy atom. The Hall–Kier alpha value is -2.10. The van der Waals surface area contributed by atoms with Crippen LogP contribution in [0.5, 0.6) is 5.88 Å². The minimum atomic E-state index is -0.0526. The van der Waals surface area contributed by atoms with Gasteiger partial charge in [0.25, 0.3) is 5.56 Å². The Bertz CT molecular complexity index is 603. The molecule has 0 unspecified atom stereocenters. The monoisotopic (exact) mass is 244 g/mol. The predicted octanol–water partition coefficient (Wildman–Crippen LogP) is 2.02. The topological polar surface area (TPSA) is 44.1 Å². The maximum atomic E-state index is 12.2. The van der Waals surface area contributed by atoms with Gasteiger partial charge in [0.15, 0.2) is 0 Å². The average Bonchev–Trinajstić information content (AvgIpc) is 2.42. The van der Waals surface area contributed by atoms with Gasteiger partial charge in [0.05, 0.1) is 12.7 Å². The molecule has 4 nitrogen and oxygen atoms in total. The second-order valence-corrected chi connectivity index (χ2v) is 4.01. The van der Waals surface area contributed by atoms with Gasteiger partial charge >= 0.3 is 0 Å². The Kier molecular flexibility index (Phi) is 3.46. The van der Waals surface area contributed by atoms with Gasteiger partial charge in [-0.2, -0.15) is 4.98 Å². The van der Waals surface area contributed by atoms with Crippen molar-refractivity contribution >= 4 is 0 Å². The van der Waals surface area contributed by atoms with E-state index in [9.17, 15) is 4.79 Å². The molecule has 0 spiro atoms. The first kappa shape index (κ1) is 12.4. The number of benzene rings is 1. The van der Waals surface area contributed by atoms with Crippen LogP contribution in [0.3, 0.4) is 0 Å². The maximum absolute atomic E-state index is 12.2. The summed E-state index contributed by atoms with van der Waals surface area (Å²) in [6, 6.07) is 9.61. The van der Waals surface area contributed by atoms with Gasteiger partial charge in [-0.1, -0.05) is 37.3 Å². The second-order valence-electron chi connectivity index (χ2n) is 4.01. The summed E-state index contributed by atoms with van der Waals surface area (Å²) in [5, 5.41) is 0. The van der Waals surface area contributed by atoms with E-state index in [0.717, 1.165) is 5.56 Å². The molecular weight excluding hydrogens is 228 g/mol. The third-order valence-corrected chi connectivity index (χ3v) is 2.92. The predicted molar refractivity (Wildman–Crippen MR) is 70.8 cm³/mol. The molecule has 2 aromatic rings. The lowest BCUT2D eigenvalue weighted by Gasteiger charge is -2.12. The smallest absolute Gasteiger partial charge is 0.260 e. The Balaban J connectivity index is 2.71. The van der Waals surface area contributed by atoms with Crippen molar-refractivity contribution in [1.82, 2.24) is 9.55 Å². The van der Waals surface area contributed by atoms with Crippen molar-refractivity contribution in [1.29, 1.82) is 0 Å². The minimum absolute atomic E-state index is 0.0526. The largest absolute Gasteiger partial charge is 0.481 e. The number of hydrogen-bond acceptors (Lipinski definition) is 3. The molecule has 0 aliphatic carbocycles. The molecule has 0 aliphatic rings. The summed E-state index contributed by atoms with van der Waals surface area (Å²) >= 11 is 0. The highest BCUT2D eigenvalue weighted by Crippen LogP contribution is 2.19. The summed E-state index contributed by atoms with van der Waals surface area (Å²) in [5.41, 5.74) is 1.46. The van der Waals surface area contributed by atoms with E-state index in [1.807, 2.05) is 37.3 Å². The van der Waals surface area contributed by atoms with E-state index in [1.54, 1.807) is 11.6 Å². The van der Waals surface area contributed by atoms with Crippen LogP contribution in [0.1, 0.15) is 12.5 Å². The fourth-order valence-corrected chi connectivity index (χ4v) is 1.95. The lowest BCUT2D eigenvalue weighted by atomic mass is 10.2. The van der Waals surface area contributed by atoms with E-state index in [-0.39, 0.29) is 5.56 Å². The lowest BCUT2D eigenvalue weighted by molar-refractivity contribution is 0.389. The zero-order chi connectivity index (χ0) is 13.1. The van der Waals surface area contributed by atoms with E-state index in [0.29, 0.717) is 23.7 Å². The fourth-order valence-electron chi connectivity index (χ4n) is 1.95. The van der Waals surface area contributed by atoms with Crippen molar-refractivity contribution in [3.05, 3.63) is 46.2 Å². The van der Waals surface area contributed by atoms with Crippen molar-refractivity contribution in [2.24, 2.45) is 7.05 Å². The number of methoxy groups -OCH3 is 1. The molecule has 0 N–H and O–H groups in total.